The number of nitrogens with zero attached hydrogens (tertiary/aromatic N) is 1. The highest BCUT2D eigenvalue weighted by Gasteiger charge is 2.42. The molecule has 1 aliphatic rings. The van der Waals surface area contributed by atoms with E-state index in [-0.39, 0.29) is 30.2 Å². The zero-order valence-corrected chi connectivity index (χ0v) is 15.3. The lowest BCUT2D eigenvalue weighted by Gasteiger charge is -2.23. The van der Waals surface area contributed by atoms with E-state index in [1.807, 2.05) is 39.0 Å². The highest BCUT2D eigenvalue weighted by molar-refractivity contribution is 5.92. The van der Waals surface area contributed by atoms with Gasteiger partial charge in [-0.25, -0.2) is 0 Å². The third-order valence-corrected chi connectivity index (χ3v) is 4.49. The number of anilines is 2. The number of carbonyl (C=O) groups excluding carboxylic acids is 2. The van der Waals surface area contributed by atoms with Crippen LogP contribution in [-0.4, -0.2) is 23.9 Å². The number of hydrogen-bond donors (Lipinski definition) is 3. The Bertz CT molecular complexity index is 704. The van der Waals surface area contributed by atoms with E-state index in [0.29, 0.717) is 5.69 Å². The molecule has 134 valence electrons. The number of aryl methyl sites for hydroxylation is 1. The van der Waals surface area contributed by atoms with Crippen LogP contribution in [0.4, 0.5) is 11.4 Å². The Kier molecular flexibility index (Phi) is 5.68. The van der Waals surface area contributed by atoms with Gasteiger partial charge in [0.15, 0.2) is 0 Å². The predicted octanol–water partition coefficient (Wildman–Crippen LogP) is 2.81. The molecular weight excluding hydrogens is 316 g/mol. The summed E-state index contributed by atoms with van der Waals surface area (Å²) >= 11 is 0. The molecule has 0 radical (unpaired) electrons. The fourth-order valence-corrected chi connectivity index (χ4v) is 2.57. The molecule has 3 N–H and O–H groups in total. The summed E-state index contributed by atoms with van der Waals surface area (Å²) in [5, 5.41) is 18.1. The zero-order chi connectivity index (χ0) is 18.6. The van der Waals surface area contributed by atoms with Gasteiger partial charge in [0, 0.05) is 17.3 Å². The van der Waals surface area contributed by atoms with Crippen LogP contribution >= 0.6 is 0 Å². The van der Waals surface area contributed by atoms with Gasteiger partial charge < -0.3 is 16.0 Å². The Morgan fingerprint density at radius 2 is 2.04 bits per heavy atom. The van der Waals surface area contributed by atoms with Crippen molar-refractivity contribution >= 4 is 23.2 Å². The molecule has 0 saturated heterocycles. The molecule has 1 aromatic carbocycles. The first kappa shape index (κ1) is 18.8. The lowest BCUT2D eigenvalue weighted by Crippen LogP contribution is -2.48. The maximum atomic E-state index is 12.2. The number of benzene rings is 1. The van der Waals surface area contributed by atoms with Crippen molar-refractivity contribution in [1.82, 2.24) is 5.32 Å². The Balaban J connectivity index is 1.96. The third kappa shape index (κ3) is 4.96. The Labute approximate surface area is 149 Å². The summed E-state index contributed by atoms with van der Waals surface area (Å²) in [7, 11) is 0. The maximum absolute atomic E-state index is 12.2. The standard InChI is InChI=1S/C19H26N4O2/c1-12(2)18(25)22-15-8-5-13(3)16(9-15)21-10-17(24)23-19(4,11-20)14-6-7-14/h5,8-9,12,14,21H,6-7,10H2,1-4H3,(H,22,25)(H,23,24)/t19-/m0/s1. The zero-order valence-electron chi connectivity index (χ0n) is 15.3. The predicted molar refractivity (Wildman–Crippen MR) is 98.0 cm³/mol. The highest BCUT2D eigenvalue weighted by Crippen LogP contribution is 2.39. The summed E-state index contributed by atoms with van der Waals surface area (Å²) in [6.45, 7) is 7.44. The average molecular weight is 342 g/mol. The van der Waals surface area contributed by atoms with Crippen LogP contribution in [-0.2, 0) is 9.59 Å². The normalized spacial score (nSPS) is 15.8. The fourth-order valence-electron chi connectivity index (χ4n) is 2.57. The number of amides is 2. The molecule has 1 saturated carbocycles. The monoisotopic (exact) mass is 342 g/mol. The molecular formula is C19H26N4O2. The van der Waals surface area contributed by atoms with Gasteiger partial charge in [-0.3, -0.25) is 9.59 Å². The van der Waals surface area contributed by atoms with Gasteiger partial charge in [-0.2, -0.15) is 5.26 Å². The minimum atomic E-state index is -0.791. The van der Waals surface area contributed by atoms with Crippen molar-refractivity contribution in [3.05, 3.63) is 23.8 Å². The summed E-state index contributed by atoms with van der Waals surface area (Å²) in [5.41, 5.74) is 1.65. The van der Waals surface area contributed by atoms with E-state index in [4.69, 9.17) is 0 Å². The minimum absolute atomic E-state index is 0.0539. The molecule has 0 bridgehead atoms. The van der Waals surface area contributed by atoms with Gasteiger partial charge in [0.2, 0.25) is 11.8 Å². The van der Waals surface area contributed by atoms with Crippen molar-refractivity contribution in [2.45, 2.75) is 46.1 Å². The molecule has 1 aliphatic carbocycles. The molecule has 0 aliphatic heterocycles. The summed E-state index contributed by atoms with van der Waals surface area (Å²) in [6.07, 6.45) is 1.96. The second-order valence-electron chi connectivity index (χ2n) is 7.16. The van der Waals surface area contributed by atoms with Crippen LogP contribution in [0.25, 0.3) is 0 Å². The van der Waals surface area contributed by atoms with E-state index in [2.05, 4.69) is 22.0 Å². The molecule has 1 aromatic rings. The molecule has 2 rings (SSSR count). The van der Waals surface area contributed by atoms with Crippen LogP contribution < -0.4 is 16.0 Å². The van der Waals surface area contributed by atoms with E-state index in [1.54, 1.807) is 6.92 Å². The molecule has 1 atom stereocenters. The quantitative estimate of drug-likeness (QED) is 0.710. The van der Waals surface area contributed by atoms with Crippen LogP contribution in [0.15, 0.2) is 18.2 Å². The number of nitriles is 1. The lowest BCUT2D eigenvalue weighted by atomic mass is 9.98. The van der Waals surface area contributed by atoms with Gasteiger partial charge in [-0.15, -0.1) is 0 Å². The lowest BCUT2D eigenvalue weighted by molar-refractivity contribution is -0.121. The first-order valence-corrected chi connectivity index (χ1v) is 8.63. The SMILES string of the molecule is Cc1ccc(NC(=O)C(C)C)cc1NCC(=O)N[C@@](C)(C#N)C1CC1. The summed E-state index contributed by atoms with van der Waals surface area (Å²) in [4.78, 5) is 24.0. The van der Waals surface area contributed by atoms with Crippen molar-refractivity contribution in [3.8, 4) is 6.07 Å². The van der Waals surface area contributed by atoms with Crippen LogP contribution in [0.2, 0.25) is 0 Å². The van der Waals surface area contributed by atoms with Crippen LogP contribution in [0.1, 0.15) is 39.2 Å². The molecule has 0 spiro atoms. The van der Waals surface area contributed by atoms with E-state index in [1.165, 1.54) is 0 Å². The largest absolute Gasteiger partial charge is 0.376 e. The van der Waals surface area contributed by atoms with E-state index in [0.717, 1.165) is 24.1 Å². The van der Waals surface area contributed by atoms with Gasteiger partial charge >= 0.3 is 0 Å². The maximum Gasteiger partial charge on any atom is 0.240 e. The molecule has 0 unspecified atom stereocenters. The summed E-state index contributed by atoms with van der Waals surface area (Å²) in [5.74, 6) is -0.124. The molecule has 2 amide bonds. The first-order chi connectivity index (χ1) is 11.7. The molecule has 6 nitrogen and oxygen atoms in total. The number of hydrogen-bond acceptors (Lipinski definition) is 4. The summed E-state index contributed by atoms with van der Waals surface area (Å²) < 4.78 is 0. The van der Waals surface area contributed by atoms with Crippen LogP contribution in [0.5, 0.6) is 0 Å². The topological polar surface area (TPSA) is 94.0 Å². The van der Waals surface area contributed by atoms with Crippen molar-refractivity contribution in [2.75, 3.05) is 17.2 Å². The number of nitrogens with one attached hydrogen (secondary N) is 3. The molecule has 0 aromatic heterocycles. The fraction of sp³-hybridized carbons (Fsp3) is 0.526. The van der Waals surface area contributed by atoms with Crippen molar-refractivity contribution in [3.63, 3.8) is 0 Å². The molecule has 6 heteroatoms. The van der Waals surface area contributed by atoms with E-state index >= 15 is 0 Å². The average Bonchev–Trinajstić information content (AvgIpc) is 3.40. The third-order valence-electron chi connectivity index (χ3n) is 4.49. The van der Waals surface area contributed by atoms with Gasteiger partial charge in [-0.1, -0.05) is 19.9 Å². The Morgan fingerprint density at radius 3 is 2.60 bits per heavy atom. The second kappa shape index (κ2) is 7.56. The Hall–Kier alpha value is -2.55. The summed E-state index contributed by atoms with van der Waals surface area (Å²) in [6, 6.07) is 7.75. The van der Waals surface area contributed by atoms with Crippen molar-refractivity contribution in [2.24, 2.45) is 11.8 Å². The smallest absolute Gasteiger partial charge is 0.240 e. The van der Waals surface area contributed by atoms with Crippen LogP contribution in [0.3, 0.4) is 0 Å². The second-order valence-corrected chi connectivity index (χ2v) is 7.16. The van der Waals surface area contributed by atoms with Gasteiger partial charge in [-0.05, 0) is 50.3 Å². The molecule has 25 heavy (non-hydrogen) atoms. The van der Waals surface area contributed by atoms with Crippen molar-refractivity contribution < 1.29 is 9.59 Å². The van der Waals surface area contributed by atoms with Gasteiger partial charge in [0.05, 0.1) is 12.6 Å². The molecule has 1 fully saturated rings. The van der Waals surface area contributed by atoms with E-state index in [9.17, 15) is 14.9 Å². The minimum Gasteiger partial charge on any atom is -0.376 e. The van der Waals surface area contributed by atoms with E-state index < -0.39 is 5.54 Å². The Morgan fingerprint density at radius 1 is 1.36 bits per heavy atom. The molecule has 0 heterocycles. The van der Waals surface area contributed by atoms with Crippen LogP contribution in [0, 0.1) is 30.1 Å². The van der Waals surface area contributed by atoms with Gasteiger partial charge in [0.1, 0.15) is 5.54 Å². The number of rotatable bonds is 7. The van der Waals surface area contributed by atoms with Gasteiger partial charge in [0.25, 0.3) is 0 Å². The first-order valence-electron chi connectivity index (χ1n) is 8.63. The highest BCUT2D eigenvalue weighted by atomic mass is 16.2. The number of carbonyl (C=O) groups is 2. The van der Waals surface area contributed by atoms with Crippen molar-refractivity contribution in [1.29, 1.82) is 5.26 Å².